The minimum atomic E-state index is -1.04. The van der Waals surface area contributed by atoms with E-state index in [9.17, 15) is 13.6 Å². The van der Waals surface area contributed by atoms with Crippen LogP contribution in [0, 0.1) is 22.1 Å². The Morgan fingerprint density at radius 1 is 1.17 bits per heavy atom. The Balaban J connectivity index is 2.13. The third kappa shape index (κ3) is 3.14. The van der Waals surface area contributed by atoms with E-state index in [1.807, 2.05) is 19.1 Å². The van der Waals surface area contributed by atoms with Gasteiger partial charge in [-0.05, 0) is 65.4 Å². The van der Waals surface area contributed by atoms with Crippen molar-refractivity contribution in [2.24, 2.45) is 0 Å². The zero-order valence-corrected chi connectivity index (χ0v) is 14.1. The van der Waals surface area contributed by atoms with Crippen LogP contribution in [-0.4, -0.2) is 4.74 Å². The average molecular weight is 428 g/mol. The Labute approximate surface area is 143 Å². The summed E-state index contributed by atoms with van der Waals surface area (Å²) in [6.45, 7) is 1.86. The highest BCUT2D eigenvalue weighted by molar-refractivity contribution is 14.1. The molecule has 0 atom stereocenters. The Hall–Kier alpha value is -2.16. The van der Waals surface area contributed by atoms with Gasteiger partial charge in [0.1, 0.15) is 11.4 Å². The largest absolute Gasteiger partial charge is 0.358 e. The van der Waals surface area contributed by atoms with Crippen LogP contribution in [0.4, 0.5) is 20.2 Å². The van der Waals surface area contributed by atoms with Crippen molar-refractivity contribution in [3.05, 3.63) is 73.8 Å². The Bertz CT molecular complexity index is 934. The fourth-order valence-corrected chi connectivity index (χ4v) is 2.81. The van der Waals surface area contributed by atoms with Crippen LogP contribution in [0.15, 0.2) is 51.9 Å². The highest BCUT2D eigenvalue weighted by atomic mass is 127. The van der Waals surface area contributed by atoms with Gasteiger partial charge in [0.25, 0.3) is 0 Å². The fraction of sp³-hybridized carbons (Fsp3) is 0.0625. The molecule has 0 aliphatic rings. The van der Waals surface area contributed by atoms with Crippen molar-refractivity contribution in [1.82, 2.24) is 4.74 Å². The van der Waals surface area contributed by atoms with E-state index in [2.05, 4.69) is 27.9 Å². The maximum atomic E-state index is 14.3. The standard InChI is InChI=1S/C16H11F2IN2O2/c1-9-8-10(19)2-4-12(9)20-16-13(5-3-11(17)15(16)18)21-7-6-14(22)23-21/h2-8,20H,1H3. The van der Waals surface area contributed by atoms with Gasteiger partial charge >= 0.3 is 5.63 Å². The number of nitrogens with one attached hydrogen (secondary N) is 1. The molecule has 0 saturated heterocycles. The molecule has 0 saturated carbocycles. The molecular weight excluding hydrogens is 417 g/mol. The number of anilines is 2. The molecule has 0 aliphatic carbocycles. The van der Waals surface area contributed by atoms with Crippen LogP contribution in [0.1, 0.15) is 5.56 Å². The van der Waals surface area contributed by atoms with Crippen molar-refractivity contribution in [3.63, 3.8) is 0 Å². The highest BCUT2D eigenvalue weighted by Gasteiger charge is 2.17. The maximum absolute atomic E-state index is 14.3. The number of halogens is 3. The average Bonchev–Trinajstić information content (AvgIpc) is 2.93. The third-order valence-electron chi connectivity index (χ3n) is 3.29. The lowest BCUT2D eigenvalue weighted by atomic mass is 10.1. The van der Waals surface area contributed by atoms with E-state index in [0.717, 1.165) is 19.9 Å². The normalized spacial score (nSPS) is 10.8. The minimum absolute atomic E-state index is 0.103. The molecule has 1 heterocycles. The monoisotopic (exact) mass is 428 g/mol. The van der Waals surface area contributed by atoms with Crippen molar-refractivity contribution >= 4 is 34.0 Å². The molecule has 4 nitrogen and oxygen atoms in total. The van der Waals surface area contributed by atoms with Crippen molar-refractivity contribution < 1.29 is 13.3 Å². The van der Waals surface area contributed by atoms with Crippen LogP contribution in [0.2, 0.25) is 0 Å². The summed E-state index contributed by atoms with van der Waals surface area (Å²) in [5, 5.41) is 2.88. The number of nitrogens with zero attached hydrogens (tertiary/aromatic N) is 1. The van der Waals surface area contributed by atoms with Crippen LogP contribution in [0.3, 0.4) is 0 Å². The third-order valence-corrected chi connectivity index (χ3v) is 3.96. The van der Waals surface area contributed by atoms with E-state index in [0.29, 0.717) is 5.69 Å². The molecule has 0 fully saturated rings. The molecular formula is C16H11F2IN2O2. The van der Waals surface area contributed by atoms with Gasteiger partial charge in [0.15, 0.2) is 11.6 Å². The molecule has 1 N–H and O–H groups in total. The van der Waals surface area contributed by atoms with E-state index >= 15 is 0 Å². The van der Waals surface area contributed by atoms with Gasteiger partial charge in [-0.1, -0.05) is 0 Å². The molecule has 0 unspecified atom stereocenters. The summed E-state index contributed by atoms with van der Waals surface area (Å²) in [5.74, 6) is -2.04. The lowest BCUT2D eigenvalue weighted by Gasteiger charge is -2.15. The number of aromatic nitrogens is 1. The van der Waals surface area contributed by atoms with Gasteiger partial charge in [0, 0.05) is 15.3 Å². The highest BCUT2D eigenvalue weighted by Crippen LogP contribution is 2.30. The molecule has 1 aromatic heterocycles. The molecule has 3 rings (SSSR count). The summed E-state index contributed by atoms with van der Waals surface area (Å²) < 4.78 is 35.0. The molecule has 23 heavy (non-hydrogen) atoms. The lowest BCUT2D eigenvalue weighted by Crippen LogP contribution is -2.05. The molecule has 2 aromatic carbocycles. The molecule has 7 heteroatoms. The number of aryl methyl sites for hydroxylation is 1. The summed E-state index contributed by atoms with van der Waals surface area (Å²) in [6, 6.07) is 9.05. The Morgan fingerprint density at radius 3 is 2.61 bits per heavy atom. The first-order chi connectivity index (χ1) is 11.0. The van der Waals surface area contributed by atoms with Gasteiger partial charge in [0.05, 0.1) is 6.20 Å². The van der Waals surface area contributed by atoms with Gasteiger partial charge in [-0.2, -0.15) is 4.74 Å². The first-order valence-corrected chi connectivity index (χ1v) is 7.74. The van der Waals surface area contributed by atoms with Crippen molar-refractivity contribution in [2.75, 3.05) is 5.32 Å². The van der Waals surface area contributed by atoms with Crippen molar-refractivity contribution in [2.45, 2.75) is 6.92 Å². The maximum Gasteiger partial charge on any atom is 0.358 e. The van der Waals surface area contributed by atoms with Crippen LogP contribution in [-0.2, 0) is 0 Å². The molecule has 0 bridgehead atoms. The van der Waals surface area contributed by atoms with Gasteiger partial charge in [-0.3, -0.25) is 0 Å². The summed E-state index contributed by atoms with van der Waals surface area (Å²) in [5.41, 5.74) is 1.02. The summed E-state index contributed by atoms with van der Waals surface area (Å²) in [4.78, 5) is 11.2. The Kier molecular flexibility index (Phi) is 4.20. The predicted octanol–water partition coefficient (Wildman–Crippen LogP) is 4.37. The van der Waals surface area contributed by atoms with Crippen LogP contribution in [0.25, 0.3) is 5.69 Å². The van der Waals surface area contributed by atoms with Crippen LogP contribution >= 0.6 is 22.6 Å². The van der Waals surface area contributed by atoms with Crippen LogP contribution in [0.5, 0.6) is 0 Å². The summed E-state index contributed by atoms with van der Waals surface area (Å²) in [6.07, 6.45) is 1.35. The topological polar surface area (TPSA) is 47.2 Å². The number of hydrogen-bond acceptors (Lipinski definition) is 3. The van der Waals surface area contributed by atoms with Crippen molar-refractivity contribution in [1.29, 1.82) is 0 Å². The molecule has 0 amide bonds. The van der Waals surface area contributed by atoms with Crippen molar-refractivity contribution in [3.8, 4) is 5.69 Å². The zero-order chi connectivity index (χ0) is 16.6. The van der Waals surface area contributed by atoms with E-state index < -0.39 is 17.3 Å². The fourth-order valence-electron chi connectivity index (χ4n) is 2.16. The van der Waals surface area contributed by atoms with E-state index in [1.165, 1.54) is 18.3 Å². The minimum Gasteiger partial charge on any atom is -0.351 e. The number of hydrogen-bond donors (Lipinski definition) is 1. The second-order valence-corrected chi connectivity index (χ2v) is 6.14. The Morgan fingerprint density at radius 2 is 1.96 bits per heavy atom. The first-order valence-electron chi connectivity index (χ1n) is 6.66. The molecule has 3 aromatic rings. The molecule has 0 aliphatic heterocycles. The second-order valence-electron chi connectivity index (χ2n) is 4.89. The first kappa shape index (κ1) is 15.7. The summed E-state index contributed by atoms with van der Waals surface area (Å²) >= 11 is 2.17. The quantitative estimate of drug-likeness (QED) is 0.631. The summed E-state index contributed by atoms with van der Waals surface area (Å²) in [7, 11) is 0. The molecule has 0 spiro atoms. The van der Waals surface area contributed by atoms with Crippen LogP contribution < -0.4 is 10.9 Å². The smallest absolute Gasteiger partial charge is 0.351 e. The number of benzene rings is 2. The van der Waals surface area contributed by atoms with E-state index in [-0.39, 0.29) is 11.4 Å². The second kappa shape index (κ2) is 6.15. The van der Waals surface area contributed by atoms with E-state index in [4.69, 9.17) is 4.52 Å². The predicted molar refractivity (Wildman–Crippen MR) is 91.4 cm³/mol. The number of rotatable bonds is 3. The van der Waals surface area contributed by atoms with Gasteiger partial charge in [-0.15, -0.1) is 0 Å². The molecule has 0 radical (unpaired) electrons. The SMILES string of the molecule is Cc1cc(I)ccc1Nc1c(-n2ccc(=O)o2)ccc(F)c1F. The van der Waals surface area contributed by atoms with Gasteiger partial charge < -0.3 is 9.84 Å². The van der Waals surface area contributed by atoms with Gasteiger partial charge in [0.2, 0.25) is 0 Å². The van der Waals surface area contributed by atoms with Gasteiger partial charge in [-0.25, -0.2) is 13.6 Å². The zero-order valence-electron chi connectivity index (χ0n) is 11.9. The lowest BCUT2D eigenvalue weighted by molar-refractivity contribution is 0.323. The van der Waals surface area contributed by atoms with E-state index in [1.54, 1.807) is 6.07 Å². The molecule has 118 valence electrons.